The molecule has 0 saturated carbocycles. The highest BCUT2D eigenvalue weighted by Crippen LogP contribution is 2.36. The molecule has 21 heavy (non-hydrogen) atoms. The van der Waals surface area contributed by atoms with E-state index in [0.717, 1.165) is 5.56 Å². The van der Waals surface area contributed by atoms with Crippen LogP contribution in [0.4, 0.5) is 4.39 Å². The van der Waals surface area contributed by atoms with Gasteiger partial charge in [0.1, 0.15) is 11.6 Å². The fraction of sp³-hybridized carbons (Fsp3) is 0.294. The van der Waals surface area contributed by atoms with E-state index in [2.05, 4.69) is 0 Å². The minimum Gasteiger partial charge on any atom is -0.493 e. The first kappa shape index (κ1) is 15.3. The SMILES string of the molecule is COc1cc(C)ccc1Oc1cc(C)c(F)cc1[C@@H](C)O. The Bertz CT molecular complexity index is 651. The molecule has 0 saturated heterocycles. The van der Waals surface area contributed by atoms with Gasteiger partial charge in [-0.3, -0.25) is 0 Å². The highest BCUT2D eigenvalue weighted by molar-refractivity contribution is 5.48. The maximum Gasteiger partial charge on any atom is 0.169 e. The molecule has 0 spiro atoms. The predicted molar refractivity (Wildman–Crippen MR) is 79.6 cm³/mol. The number of rotatable bonds is 4. The van der Waals surface area contributed by atoms with Gasteiger partial charge in [-0.1, -0.05) is 6.07 Å². The summed E-state index contributed by atoms with van der Waals surface area (Å²) in [7, 11) is 1.56. The Kier molecular flexibility index (Phi) is 4.48. The summed E-state index contributed by atoms with van der Waals surface area (Å²) in [6, 6.07) is 8.43. The number of aliphatic hydroxyl groups excluding tert-OH is 1. The van der Waals surface area contributed by atoms with Crippen molar-refractivity contribution in [3.05, 3.63) is 52.8 Å². The Morgan fingerprint density at radius 3 is 2.38 bits per heavy atom. The number of benzene rings is 2. The van der Waals surface area contributed by atoms with Gasteiger partial charge in [0.05, 0.1) is 13.2 Å². The molecular weight excluding hydrogens is 271 g/mol. The maximum atomic E-state index is 13.7. The first-order valence-corrected chi connectivity index (χ1v) is 6.73. The van der Waals surface area contributed by atoms with E-state index in [-0.39, 0.29) is 5.82 Å². The monoisotopic (exact) mass is 290 g/mol. The molecule has 1 atom stereocenters. The summed E-state index contributed by atoms with van der Waals surface area (Å²) >= 11 is 0. The molecule has 0 aromatic heterocycles. The molecule has 2 aromatic carbocycles. The maximum absolute atomic E-state index is 13.7. The van der Waals surface area contributed by atoms with E-state index in [4.69, 9.17) is 9.47 Å². The van der Waals surface area contributed by atoms with Crippen LogP contribution in [0, 0.1) is 19.7 Å². The van der Waals surface area contributed by atoms with Crippen molar-refractivity contribution in [3.63, 3.8) is 0 Å². The van der Waals surface area contributed by atoms with Gasteiger partial charge >= 0.3 is 0 Å². The van der Waals surface area contributed by atoms with Gasteiger partial charge in [-0.15, -0.1) is 0 Å². The van der Waals surface area contributed by atoms with Gasteiger partial charge in [0.15, 0.2) is 11.5 Å². The van der Waals surface area contributed by atoms with Gasteiger partial charge in [-0.05, 0) is 56.2 Å². The van der Waals surface area contributed by atoms with Crippen LogP contribution >= 0.6 is 0 Å². The molecule has 0 bridgehead atoms. The van der Waals surface area contributed by atoms with E-state index in [0.29, 0.717) is 28.4 Å². The lowest BCUT2D eigenvalue weighted by Gasteiger charge is -2.16. The molecular formula is C17H19FO3. The number of aryl methyl sites for hydroxylation is 2. The topological polar surface area (TPSA) is 38.7 Å². The quantitative estimate of drug-likeness (QED) is 0.912. The normalized spacial score (nSPS) is 12.1. The molecule has 1 N–H and O–H groups in total. The third-order valence-corrected chi connectivity index (χ3v) is 3.28. The first-order valence-electron chi connectivity index (χ1n) is 6.73. The number of ether oxygens (including phenoxy) is 2. The first-order chi connectivity index (χ1) is 9.92. The molecule has 112 valence electrons. The van der Waals surface area contributed by atoms with E-state index in [9.17, 15) is 9.50 Å². The van der Waals surface area contributed by atoms with Crippen LogP contribution in [-0.4, -0.2) is 12.2 Å². The van der Waals surface area contributed by atoms with Crippen LogP contribution in [0.5, 0.6) is 17.2 Å². The van der Waals surface area contributed by atoms with E-state index in [1.165, 1.54) is 6.07 Å². The molecule has 0 radical (unpaired) electrons. The van der Waals surface area contributed by atoms with Crippen molar-refractivity contribution in [1.82, 2.24) is 0 Å². The summed E-state index contributed by atoms with van der Waals surface area (Å²) in [5.74, 6) is 1.17. The van der Waals surface area contributed by atoms with Gasteiger partial charge in [0, 0.05) is 5.56 Å². The van der Waals surface area contributed by atoms with Gasteiger partial charge < -0.3 is 14.6 Å². The second-order valence-corrected chi connectivity index (χ2v) is 5.07. The lowest BCUT2D eigenvalue weighted by atomic mass is 10.1. The average molecular weight is 290 g/mol. The van der Waals surface area contributed by atoms with Crippen molar-refractivity contribution >= 4 is 0 Å². The number of halogens is 1. The van der Waals surface area contributed by atoms with Crippen LogP contribution in [-0.2, 0) is 0 Å². The molecule has 0 fully saturated rings. The molecule has 4 heteroatoms. The number of methoxy groups -OCH3 is 1. The molecule has 0 heterocycles. The van der Waals surface area contributed by atoms with Crippen LogP contribution < -0.4 is 9.47 Å². The Hall–Kier alpha value is -2.07. The Labute approximate surface area is 124 Å². The van der Waals surface area contributed by atoms with Crippen molar-refractivity contribution in [2.24, 2.45) is 0 Å². The predicted octanol–water partition coefficient (Wildman–Crippen LogP) is 4.30. The van der Waals surface area contributed by atoms with Crippen LogP contribution in [0.3, 0.4) is 0 Å². The summed E-state index contributed by atoms with van der Waals surface area (Å²) in [4.78, 5) is 0. The van der Waals surface area contributed by atoms with E-state index >= 15 is 0 Å². The van der Waals surface area contributed by atoms with Crippen molar-refractivity contribution < 1.29 is 19.0 Å². The zero-order valence-corrected chi connectivity index (χ0v) is 12.6. The average Bonchev–Trinajstić information content (AvgIpc) is 2.44. The lowest BCUT2D eigenvalue weighted by Crippen LogP contribution is -2.00. The minimum absolute atomic E-state index is 0.367. The number of aliphatic hydroxyl groups is 1. The standard InChI is InChI=1S/C17H19FO3/c1-10-5-6-15(17(7-10)20-4)21-16-8-11(2)14(18)9-13(16)12(3)19/h5-9,12,19H,1-4H3/t12-/m1/s1. The summed E-state index contributed by atoms with van der Waals surface area (Å²) in [6.07, 6.45) is -0.827. The third-order valence-electron chi connectivity index (χ3n) is 3.28. The number of hydrogen-bond acceptors (Lipinski definition) is 3. The molecule has 0 unspecified atom stereocenters. The van der Waals surface area contributed by atoms with Gasteiger partial charge in [-0.25, -0.2) is 4.39 Å². The highest BCUT2D eigenvalue weighted by atomic mass is 19.1. The van der Waals surface area contributed by atoms with Crippen molar-refractivity contribution in [1.29, 1.82) is 0 Å². The Balaban J connectivity index is 2.46. The second-order valence-electron chi connectivity index (χ2n) is 5.07. The molecule has 0 amide bonds. The van der Waals surface area contributed by atoms with Crippen molar-refractivity contribution in [2.75, 3.05) is 7.11 Å². The minimum atomic E-state index is -0.827. The van der Waals surface area contributed by atoms with Crippen molar-refractivity contribution in [3.8, 4) is 17.2 Å². The second kappa shape index (κ2) is 6.14. The summed E-state index contributed by atoms with van der Waals surface area (Å²) < 4.78 is 24.8. The fourth-order valence-corrected chi connectivity index (χ4v) is 2.06. The molecule has 2 aromatic rings. The number of hydrogen-bond donors (Lipinski definition) is 1. The van der Waals surface area contributed by atoms with E-state index in [1.54, 1.807) is 33.1 Å². The van der Waals surface area contributed by atoms with Crippen LogP contribution in [0.15, 0.2) is 30.3 Å². The van der Waals surface area contributed by atoms with E-state index < -0.39 is 6.10 Å². The molecule has 0 aliphatic rings. The van der Waals surface area contributed by atoms with Gasteiger partial charge in [0.2, 0.25) is 0 Å². The summed E-state index contributed by atoms with van der Waals surface area (Å²) in [5, 5.41) is 9.79. The van der Waals surface area contributed by atoms with Crippen LogP contribution in [0.1, 0.15) is 29.7 Å². The fourth-order valence-electron chi connectivity index (χ4n) is 2.06. The highest BCUT2D eigenvalue weighted by Gasteiger charge is 2.15. The van der Waals surface area contributed by atoms with E-state index in [1.807, 2.05) is 19.1 Å². The van der Waals surface area contributed by atoms with Crippen molar-refractivity contribution in [2.45, 2.75) is 26.9 Å². The Morgan fingerprint density at radius 1 is 1.05 bits per heavy atom. The molecule has 0 aliphatic heterocycles. The summed E-state index contributed by atoms with van der Waals surface area (Å²) in [5.41, 5.74) is 1.91. The van der Waals surface area contributed by atoms with Gasteiger partial charge in [-0.2, -0.15) is 0 Å². The smallest absolute Gasteiger partial charge is 0.169 e. The lowest BCUT2D eigenvalue weighted by molar-refractivity contribution is 0.195. The van der Waals surface area contributed by atoms with Crippen LogP contribution in [0.2, 0.25) is 0 Å². The third kappa shape index (κ3) is 3.34. The zero-order valence-electron chi connectivity index (χ0n) is 12.6. The molecule has 2 rings (SSSR count). The van der Waals surface area contributed by atoms with Gasteiger partial charge in [0.25, 0.3) is 0 Å². The molecule has 3 nitrogen and oxygen atoms in total. The largest absolute Gasteiger partial charge is 0.493 e. The summed E-state index contributed by atoms with van der Waals surface area (Å²) in [6.45, 7) is 5.18. The Morgan fingerprint density at radius 2 is 1.76 bits per heavy atom. The van der Waals surface area contributed by atoms with Crippen LogP contribution in [0.25, 0.3) is 0 Å². The zero-order chi connectivity index (χ0) is 15.6. The molecule has 0 aliphatic carbocycles.